The van der Waals surface area contributed by atoms with E-state index < -0.39 is 18.0 Å². The van der Waals surface area contributed by atoms with Crippen LogP contribution in [0.2, 0.25) is 5.02 Å². The summed E-state index contributed by atoms with van der Waals surface area (Å²) in [5.41, 5.74) is 1.81. The average Bonchev–Trinajstić information content (AvgIpc) is 2.60. The van der Waals surface area contributed by atoms with E-state index in [9.17, 15) is 14.7 Å². The number of carbonyl (C=O) groups is 2. The molecule has 0 radical (unpaired) electrons. The minimum atomic E-state index is -0.894. The van der Waals surface area contributed by atoms with Crippen molar-refractivity contribution in [2.24, 2.45) is 0 Å². The van der Waals surface area contributed by atoms with Gasteiger partial charge in [0.2, 0.25) is 5.91 Å². The number of imide groups is 1. The van der Waals surface area contributed by atoms with E-state index in [2.05, 4.69) is 16.0 Å². The van der Waals surface area contributed by atoms with Gasteiger partial charge < -0.3 is 15.7 Å². The molecule has 126 valence electrons. The van der Waals surface area contributed by atoms with Crippen molar-refractivity contribution in [2.45, 2.75) is 6.10 Å². The fraction of sp³-hybridized carbons (Fsp3) is 0.176. The Hall–Kier alpha value is -2.57. The van der Waals surface area contributed by atoms with Crippen molar-refractivity contribution in [1.82, 2.24) is 10.6 Å². The normalized spacial score (nSPS) is 11.5. The number of rotatable bonds is 5. The monoisotopic (exact) mass is 347 g/mol. The summed E-state index contributed by atoms with van der Waals surface area (Å²) in [6.45, 7) is -0.121. The summed E-state index contributed by atoms with van der Waals surface area (Å²) in [4.78, 5) is 22.8. The maximum absolute atomic E-state index is 11.7. The molecule has 4 N–H and O–H groups in total. The number of carbonyl (C=O) groups excluding carboxylic acids is 2. The topological polar surface area (TPSA) is 90.5 Å². The third kappa shape index (κ3) is 4.71. The Morgan fingerprint density at radius 3 is 2.54 bits per heavy atom. The van der Waals surface area contributed by atoms with E-state index in [0.29, 0.717) is 21.8 Å². The van der Waals surface area contributed by atoms with Crippen molar-refractivity contribution in [3.63, 3.8) is 0 Å². The van der Waals surface area contributed by atoms with Crippen molar-refractivity contribution >= 4 is 29.2 Å². The number of hydrogen-bond donors (Lipinski definition) is 4. The smallest absolute Gasteiger partial charge is 0.321 e. The average molecular weight is 348 g/mol. The van der Waals surface area contributed by atoms with Crippen molar-refractivity contribution < 1.29 is 14.7 Å². The second-order valence-electron chi connectivity index (χ2n) is 5.03. The molecule has 0 saturated carbocycles. The summed E-state index contributed by atoms with van der Waals surface area (Å²) in [5.74, 6) is -0.496. The summed E-state index contributed by atoms with van der Waals surface area (Å²) in [6.07, 6.45) is -0.894. The van der Waals surface area contributed by atoms with Crippen LogP contribution in [0.25, 0.3) is 0 Å². The molecule has 24 heavy (non-hydrogen) atoms. The third-order valence-electron chi connectivity index (χ3n) is 3.34. The van der Waals surface area contributed by atoms with Gasteiger partial charge in [-0.25, -0.2) is 4.79 Å². The Kier molecular flexibility index (Phi) is 6.17. The van der Waals surface area contributed by atoms with Crippen molar-refractivity contribution in [3.8, 4) is 0 Å². The highest BCUT2D eigenvalue weighted by molar-refractivity contribution is 6.30. The number of nitrogens with one attached hydrogen (secondary N) is 3. The lowest BCUT2D eigenvalue weighted by Crippen LogP contribution is -2.40. The molecular formula is C17H18ClN3O3. The Balaban J connectivity index is 2.16. The third-order valence-corrected chi connectivity index (χ3v) is 3.58. The summed E-state index contributed by atoms with van der Waals surface area (Å²) in [7, 11) is 1.42. The number of aliphatic hydroxyl groups is 1. The Morgan fingerprint density at radius 1 is 1.17 bits per heavy atom. The molecule has 0 aliphatic heterocycles. The van der Waals surface area contributed by atoms with Gasteiger partial charge in [0.15, 0.2) is 0 Å². The highest BCUT2D eigenvalue weighted by Gasteiger charge is 2.16. The number of benzene rings is 2. The maximum Gasteiger partial charge on any atom is 0.321 e. The van der Waals surface area contributed by atoms with Crippen LogP contribution in [-0.4, -0.2) is 30.6 Å². The van der Waals surface area contributed by atoms with Gasteiger partial charge in [-0.15, -0.1) is 0 Å². The van der Waals surface area contributed by atoms with E-state index in [0.717, 1.165) is 0 Å². The van der Waals surface area contributed by atoms with Crippen LogP contribution in [-0.2, 0) is 4.79 Å². The molecule has 0 fully saturated rings. The maximum atomic E-state index is 11.7. The van der Waals surface area contributed by atoms with Gasteiger partial charge >= 0.3 is 6.03 Å². The second kappa shape index (κ2) is 8.33. The van der Waals surface area contributed by atoms with Gasteiger partial charge in [-0.1, -0.05) is 41.9 Å². The number of hydrogen-bond acceptors (Lipinski definition) is 4. The molecule has 2 aromatic rings. The molecule has 1 atom stereocenters. The molecule has 0 heterocycles. The summed E-state index contributed by atoms with van der Waals surface area (Å²) in [5, 5.41) is 18.4. The lowest BCUT2D eigenvalue weighted by Gasteiger charge is -2.17. The molecule has 3 amide bonds. The number of halogens is 1. The zero-order chi connectivity index (χ0) is 17.5. The first kappa shape index (κ1) is 17.8. The first-order chi connectivity index (χ1) is 11.5. The molecule has 0 aliphatic rings. The van der Waals surface area contributed by atoms with Gasteiger partial charge in [0.05, 0.1) is 6.54 Å². The Morgan fingerprint density at radius 2 is 1.88 bits per heavy atom. The molecule has 0 spiro atoms. The zero-order valence-electron chi connectivity index (χ0n) is 13.0. The van der Waals surface area contributed by atoms with Gasteiger partial charge in [-0.2, -0.15) is 0 Å². The lowest BCUT2D eigenvalue weighted by molar-refractivity contribution is -0.118. The number of aliphatic hydroxyl groups excluding tert-OH is 1. The van der Waals surface area contributed by atoms with E-state index in [1.807, 2.05) is 18.2 Å². The summed E-state index contributed by atoms with van der Waals surface area (Å²) in [6, 6.07) is 13.5. The molecule has 7 heteroatoms. The summed E-state index contributed by atoms with van der Waals surface area (Å²) < 4.78 is 0. The predicted molar refractivity (Wildman–Crippen MR) is 93.0 cm³/mol. The molecule has 0 saturated heterocycles. The van der Waals surface area contributed by atoms with Gasteiger partial charge in [0, 0.05) is 23.3 Å². The molecule has 2 rings (SSSR count). The fourth-order valence-corrected chi connectivity index (χ4v) is 2.33. The minimum Gasteiger partial charge on any atom is -0.384 e. The second-order valence-corrected chi connectivity index (χ2v) is 5.46. The van der Waals surface area contributed by atoms with Crippen LogP contribution >= 0.6 is 11.6 Å². The van der Waals surface area contributed by atoms with E-state index >= 15 is 0 Å². The number of amides is 3. The van der Waals surface area contributed by atoms with Crippen molar-refractivity contribution in [3.05, 3.63) is 64.7 Å². The SMILES string of the molecule is CNC(=O)NC(=O)CNc1ccc(Cl)cc1[C@@H](O)c1ccccc1. The quantitative estimate of drug-likeness (QED) is 0.668. The molecule has 6 nitrogen and oxygen atoms in total. The highest BCUT2D eigenvalue weighted by Crippen LogP contribution is 2.30. The van der Waals surface area contributed by atoms with Crippen LogP contribution in [0.15, 0.2) is 48.5 Å². The van der Waals surface area contributed by atoms with E-state index in [4.69, 9.17) is 11.6 Å². The lowest BCUT2D eigenvalue weighted by atomic mass is 10.00. The van der Waals surface area contributed by atoms with Crippen LogP contribution in [0, 0.1) is 0 Å². The van der Waals surface area contributed by atoms with E-state index in [-0.39, 0.29) is 6.54 Å². The van der Waals surface area contributed by atoms with Crippen LogP contribution in [0.5, 0.6) is 0 Å². The molecule has 0 aromatic heterocycles. The van der Waals surface area contributed by atoms with Crippen LogP contribution in [0.1, 0.15) is 17.2 Å². The molecule has 0 unspecified atom stereocenters. The van der Waals surface area contributed by atoms with Crippen molar-refractivity contribution in [1.29, 1.82) is 0 Å². The van der Waals surface area contributed by atoms with Gasteiger partial charge in [0.1, 0.15) is 6.10 Å². The molecule has 0 aliphatic carbocycles. The first-order valence-electron chi connectivity index (χ1n) is 7.29. The zero-order valence-corrected chi connectivity index (χ0v) is 13.8. The first-order valence-corrected chi connectivity index (χ1v) is 7.67. The van der Waals surface area contributed by atoms with Gasteiger partial charge in [-0.05, 0) is 23.8 Å². The number of anilines is 1. The van der Waals surface area contributed by atoms with Crippen LogP contribution < -0.4 is 16.0 Å². The van der Waals surface area contributed by atoms with Gasteiger partial charge in [0.25, 0.3) is 0 Å². The fourth-order valence-electron chi connectivity index (χ4n) is 2.14. The van der Waals surface area contributed by atoms with Gasteiger partial charge in [-0.3, -0.25) is 10.1 Å². The Bertz CT molecular complexity index is 722. The molecule has 2 aromatic carbocycles. The van der Waals surface area contributed by atoms with Crippen molar-refractivity contribution in [2.75, 3.05) is 18.9 Å². The Labute approximate surface area is 144 Å². The molecule has 0 bridgehead atoms. The molecular weight excluding hydrogens is 330 g/mol. The minimum absolute atomic E-state index is 0.121. The predicted octanol–water partition coefficient (Wildman–Crippen LogP) is 2.29. The standard InChI is InChI=1S/C17H18ClN3O3/c1-19-17(24)21-15(22)10-20-14-8-7-12(18)9-13(14)16(23)11-5-3-2-4-6-11/h2-9,16,20,23H,10H2,1H3,(H2,19,21,22,24)/t16-/m0/s1. The van der Waals surface area contributed by atoms with Crippen LogP contribution in [0.3, 0.4) is 0 Å². The summed E-state index contributed by atoms with van der Waals surface area (Å²) >= 11 is 6.03. The van der Waals surface area contributed by atoms with Crippen LogP contribution in [0.4, 0.5) is 10.5 Å². The largest absolute Gasteiger partial charge is 0.384 e. The number of urea groups is 1. The highest BCUT2D eigenvalue weighted by atomic mass is 35.5. The van der Waals surface area contributed by atoms with E-state index in [1.54, 1.807) is 30.3 Å². The van der Waals surface area contributed by atoms with E-state index in [1.165, 1.54) is 7.05 Å².